The molecule has 1 aliphatic heterocycles. The molecule has 1 fully saturated rings. The molecule has 0 bridgehead atoms. The number of para-hydroxylation sites is 1. The van der Waals surface area contributed by atoms with Crippen LogP contribution in [-0.2, 0) is 11.3 Å². The van der Waals surface area contributed by atoms with Crippen LogP contribution in [0.2, 0.25) is 0 Å². The Labute approximate surface area is 152 Å². The van der Waals surface area contributed by atoms with Gasteiger partial charge in [0.25, 0.3) is 5.91 Å². The molecule has 1 amide bonds. The lowest BCUT2D eigenvalue weighted by Gasteiger charge is -2.27. The molecule has 0 saturated carbocycles. The van der Waals surface area contributed by atoms with Crippen molar-refractivity contribution in [1.29, 1.82) is 0 Å². The maximum atomic E-state index is 13.2. The maximum absolute atomic E-state index is 13.2. The molecule has 3 heterocycles. The summed E-state index contributed by atoms with van der Waals surface area (Å²) in [5.41, 5.74) is 4.19. The van der Waals surface area contributed by atoms with Gasteiger partial charge in [-0.1, -0.05) is 18.2 Å². The second-order valence-corrected chi connectivity index (χ2v) is 6.46. The lowest BCUT2D eigenvalue weighted by atomic mass is 10.0. The lowest BCUT2D eigenvalue weighted by molar-refractivity contribution is 0.0304. The fraction of sp³-hybridized carbons (Fsp3) is 0.350. The van der Waals surface area contributed by atoms with Gasteiger partial charge in [0.05, 0.1) is 35.7 Å². The van der Waals surface area contributed by atoms with Crippen LogP contribution in [0.4, 0.5) is 0 Å². The largest absolute Gasteiger partial charge is 0.378 e. The van der Waals surface area contributed by atoms with Crippen LogP contribution in [0.1, 0.15) is 23.0 Å². The molecule has 4 rings (SSSR count). The summed E-state index contributed by atoms with van der Waals surface area (Å²) in [6.45, 7) is 7.25. The Hall–Kier alpha value is -2.73. The first-order chi connectivity index (χ1) is 12.7. The van der Waals surface area contributed by atoms with Crippen LogP contribution >= 0.6 is 0 Å². The number of pyridine rings is 1. The van der Waals surface area contributed by atoms with Crippen molar-refractivity contribution in [3.63, 3.8) is 0 Å². The Kier molecular flexibility index (Phi) is 4.42. The van der Waals surface area contributed by atoms with Crippen molar-refractivity contribution >= 4 is 16.8 Å². The number of nitrogens with zero attached hydrogens (tertiary/aromatic N) is 4. The van der Waals surface area contributed by atoms with E-state index in [9.17, 15) is 4.79 Å². The molecule has 0 N–H and O–H groups in total. The standard InChI is InChI=1S/C20H22N4O2/c1-3-24-13-17(14(2)22-24)19-12-16(15-6-4-5-7-18(15)21-19)20(25)23-8-10-26-11-9-23/h4-7,12-13H,3,8-11H2,1-2H3. The van der Waals surface area contributed by atoms with E-state index in [1.807, 2.05) is 53.0 Å². The zero-order valence-corrected chi connectivity index (χ0v) is 15.1. The molecule has 3 aromatic rings. The molecule has 0 aliphatic carbocycles. The number of carbonyl (C=O) groups excluding carboxylic acids is 1. The van der Waals surface area contributed by atoms with Gasteiger partial charge in [0.2, 0.25) is 0 Å². The minimum atomic E-state index is 0.0358. The smallest absolute Gasteiger partial charge is 0.254 e. The van der Waals surface area contributed by atoms with Crippen molar-refractivity contribution in [3.05, 3.63) is 47.8 Å². The Morgan fingerprint density at radius 3 is 2.73 bits per heavy atom. The summed E-state index contributed by atoms with van der Waals surface area (Å²) in [4.78, 5) is 19.8. The topological polar surface area (TPSA) is 60.2 Å². The molecular weight excluding hydrogens is 328 g/mol. The molecule has 1 aliphatic rings. The molecule has 0 radical (unpaired) electrons. The molecule has 0 atom stereocenters. The number of morpholine rings is 1. The SMILES string of the molecule is CCn1cc(-c2cc(C(=O)N3CCOCC3)c3ccccc3n2)c(C)n1. The highest BCUT2D eigenvalue weighted by Crippen LogP contribution is 2.27. The predicted molar refractivity (Wildman–Crippen MR) is 100 cm³/mol. The maximum Gasteiger partial charge on any atom is 0.254 e. The molecule has 1 aromatic carbocycles. The van der Waals surface area contributed by atoms with E-state index in [0.717, 1.165) is 34.4 Å². The van der Waals surface area contributed by atoms with Crippen molar-refractivity contribution in [1.82, 2.24) is 19.7 Å². The number of hydrogen-bond donors (Lipinski definition) is 0. The van der Waals surface area contributed by atoms with Gasteiger partial charge in [0, 0.05) is 36.8 Å². The third-order valence-corrected chi connectivity index (χ3v) is 4.79. The average Bonchev–Trinajstić information content (AvgIpc) is 3.08. The Balaban J connectivity index is 1.85. The molecule has 134 valence electrons. The average molecular weight is 350 g/mol. The van der Waals surface area contributed by atoms with Gasteiger partial charge in [-0.05, 0) is 26.0 Å². The van der Waals surface area contributed by atoms with E-state index in [-0.39, 0.29) is 5.91 Å². The van der Waals surface area contributed by atoms with E-state index < -0.39 is 0 Å². The molecule has 0 spiro atoms. The highest BCUT2D eigenvalue weighted by molar-refractivity contribution is 6.07. The van der Waals surface area contributed by atoms with Crippen molar-refractivity contribution in [3.8, 4) is 11.3 Å². The van der Waals surface area contributed by atoms with E-state index in [1.165, 1.54) is 0 Å². The zero-order chi connectivity index (χ0) is 18.1. The molecule has 26 heavy (non-hydrogen) atoms. The monoisotopic (exact) mass is 350 g/mol. The first kappa shape index (κ1) is 16.7. The van der Waals surface area contributed by atoms with Gasteiger partial charge >= 0.3 is 0 Å². The van der Waals surface area contributed by atoms with Gasteiger partial charge in [0.1, 0.15) is 0 Å². The van der Waals surface area contributed by atoms with Crippen molar-refractivity contribution in [2.45, 2.75) is 20.4 Å². The van der Waals surface area contributed by atoms with Gasteiger partial charge < -0.3 is 9.64 Å². The minimum absolute atomic E-state index is 0.0358. The van der Waals surface area contributed by atoms with Crippen molar-refractivity contribution in [2.75, 3.05) is 26.3 Å². The number of amides is 1. The summed E-state index contributed by atoms with van der Waals surface area (Å²) < 4.78 is 7.27. The van der Waals surface area contributed by atoms with Crippen LogP contribution in [0.15, 0.2) is 36.5 Å². The predicted octanol–water partition coefficient (Wildman–Crippen LogP) is 2.90. The van der Waals surface area contributed by atoms with Crippen LogP contribution < -0.4 is 0 Å². The normalized spacial score (nSPS) is 14.8. The van der Waals surface area contributed by atoms with Gasteiger partial charge in [-0.2, -0.15) is 5.10 Å². The number of rotatable bonds is 3. The van der Waals surface area contributed by atoms with Gasteiger partial charge in [-0.25, -0.2) is 4.98 Å². The van der Waals surface area contributed by atoms with Gasteiger partial charge in [-0.3, -0.25) is 9.48 Å². The zero-order valence-electron chi connectivity index (χ0n) is 15.1. The number of ether oxygens (including phenoxy) is 1. The van der Waals surface area contributed by atoms with E-state index in [2.05, 4.69) is 12.0 Å². The quantitative estimate of drug-likeness (QED) is 0.729. The summed E-state index contributed by atoms with van der Waals surface area (Å²) in [7, 11) is 0. The van der Waals surface area contributed by atoms with Crippen LogP contribution in [0.25, 0.3) is 22.2 Å². The molecule has 0 unspecified atom stereocenters. The summed E-state index contributed by atoms with van der Waals surface area (Å²) >= 11 is 0. The van der Waals surface area contributed by atoms with Crippen molar-refractivity contribution < 1.29 is 9.53 Å². The number of benzene rings is 1. The van der Waals surface area contributed by atoms with Crippen molar-refractivity contribution in [2.24, 2.45) is 0 Å². The number of aryl methyl sites for hydroxylation is 2. The van der Waals surface area contributed by atoms with Gasteiger partial charge in [0.15, 0.2) is 0 Å². The Morgan fingerprint density at radius 2 is 2.00 bits per heavy atom. The summed E-state index contributed by atoms with van der Waals surface area (Å²) in [5, 5.41) is 5.40. The van der Waals surface area contributed by atoms with Crippen LogP contribution in [0.3, 0.4) is 0 Å². The summed E-state index contributed by atoms with van der Waals surface area (Å²) in [6.07, 6.45) is 2.00. The van der Waals surface area contributed by atoms with E-state index in [4.69, 9.17) is 9.72 Å². The summed E-state index contributed by atoms with van der Waals surface area (Å²) in [6, 6.07) is 9.71. The second kappa shape index (κ2) is 6.88. The minimum Gasteiger partial charge on any atom is -0.378 e. The molecule has 6 nitrogen and oxygen atoms in total. The highest BCUT2D eigenvalue weighted by atomic mass is 16.5. The van der Waals surface area contributed by atoms with Crippen LogP contribution in [-0.4, -0.2) is 51.9 Å². The fourth-order valence-corrected chi connectivity index (χ4v) is 3.36. The second-order valence-electron chi connectivity index (χ2n) is 6.46. The third kappa shape index (κ3) is 2.97. The Morgan fingerprint density at radius 1 is 1.23 bits per heavy atom. The number of aromatic nitrogens is 3. The molecule has 6 heteroatoms. The van der Waals surface area contributed by atoms with Crippen LogP contribution in [0.5, 0.6) is 0 Å². The molecule has 2 aromatic heterocycles. The summed E-state index contributed by atoms with van der Waals surface area (Å²) in [5.74, 6) is 0.0358. The molecular formula is C20H22N4O2. The Bertz CT molecular complexity index is 958. The van der Waals surface area contributed by atoms with Crippen LogP contribution in [0, 0.1) is 6.92 Å². The number of fused-ring (bicyclic) bond motifs is 1. The van der Waals surface area contributed by atoms with Gasteiger partial charge in [-0.15, -0.1) is 0 Å². The fourth-order valence-electron chi connectivity index (χ4n) is 3.36. The van der Waals surface area contributed by atoms with E-state index >= 15 is 0 Å². The van der Waals surface area contributed by atoms with E-state index in [0.29, 0.717) is 31.9 Å². The number of carbonyl (C=O) groups is 1. The highest BCUT2D eigenvalue weighted by Gasteiger charge is 2.22. The lowest BCUT2D eigenvalue weighted by Crippen LogP contribution is -2.40. The third-order valence-electron chi connectivity index (χ3n) is 4.79. The number of hydrogen-bond acceptors (Lipinski definition) is 4. The first-order valence-electron chi connectivity index (χ1n) is 8.98. The van der Waals surface area contributed by atoms with E-state index in [1.54, 1.807) is 0 Å². The first-order valence-corrected chi connectivity index (χ1v) is 8.98. The molecule has 1 saturated heterocycles.